The minimum atomic E-state index is 0.635. The van der Waals surface area contributed by atoms with Crippen LogP contribution in [0.2, 0.25) is 0 Å². The first-order valence-corrected chi connectivity index (χ1v) is 31.6. The van der Waals surface area contributed by atoms with Crippen molar-refractivity contribution in [2.45, 2.75) is 49.2 Å². The van der Waals surface area contributed by atoms with Crippen LogP contribution in [0.4, 0.5) is 0 Å². The summed E-state index contributed by atoms with van der Waals surface area (Å²) in [5.41, 5.74) is 10.0. The van der Waals surface area contributed by atoms with E-state index in [2.05, 4.69) is 114 Å². The van der Waals surface area contributed by atoms with Gasteiger partial charge in [0.25, 0.3) is 0 Å². The smallest absolute Gasteiger partial charge is 0.159 e. The van der Waals surface area contributed by atoms with E-state index in [0.29, 0.717) is 26.7 Å². The van der Waals surface area contributed by atoms with Crippen molar-refractivity contribution >= 4 is 67.7 Å². The molecule has 0 amide bonds. The van der Waals surface area contributed by atoms with Gasteiger partial charge in [0.15, 0.2) is 20.7 Å². The second-order valence-corrected chi connectivity index (χ2v) is 23.7. The number of hydrogen-bond acceptors (Lipinski definition) is 22. The van der Waals surface area contributed by atoms with Crippen molar-refractivity contribution in [3.8, 4) is 34.5 Å². The SMILES string of the molecule is COc1ccc(CN2CN=C(SCc3ccccc3CSC3=NCN(Cc4ccc(OC)cc4)CN3)NC2)cc1.COc1ccc(CN2CN=C(SCc3ccccc3CSC3=NCN(Cc4ccc(OC)cc4OC)CN3)NC2)c(OC)c1. The van der Waals surface area contributed by atoms with E-state index >= 15 is 0 Å². The van der Waals surface area contributed by atoms with Gasteiger partial charge in [0, 0.05) is 72.5 Å². The molecular formula is C62H76N12O6S4. The Hall–Kier alpha value is -6.76. The summed E-state index contributed by atoms with van der Waals surface area (Å²) >= 11 is 7.03. The van der Waals surface area contributed by atoms with Gasteiger partial charge in [-0.1, -0.05) is 132 Å². The second-order valence-electron chi connectivity index (χ2n) is 19.8. The quantitative estimate of drug-likeness (QED) is 0.0507. The molecule has 0 unspecified atom stereocenters. The van der Waals surface area contributed by atoms with Gasteiger partial charge >= 0.3 is 0 Å². The van der Waals surface area contributed by atoms with Crippen molar-refractivity contribution in [3.05, 3.63) is 178 Å². The van der Waals surface area contributed by atoms with E-state index in [0.717, 1.165) is 142 Å². The molecule has 0 bridgehead atoms. The molecule has 0 spiro atoms. The molecule has 6 aromatic carbocycles. The molecular weight excluding hydrogens is 1140 g/mol. The third kappa shape index (κ3) is 18.6. The number of aliphatic imine (C=N–C) groups is 4. The van der Waals surface area contributed by atoms with Gasteiger partial charge in [-0.15, -0.1) is 0 Å². The molecule has 18 nitrogen and oxygen atoms in total. The van der Waals surface area contributed by atoms with Crippen molar-refractivity contribution in [3.63, 3.8) is 0 Å². The van der Waals surface area contributed by atoms with Gasteiger partial charge < -0.3 is 49.7 Å². The summed E-state index contributed by atoms with van der Waals surface area (Å²) < 4.78 is 32.3. The van der Waals surface area contributed by atoms with E-state index in [9.17, 15) is 0 Å². The molecule has 0 atom stereocenters. The fraction of sp³-hybridized carbons (Fsp3) is 0.355. The highest BCUT2D eigenvalue weighted by Gasteiger charge is 2.20. The Morgan fingerprint density at radius 2 is 0.619 bits per heavy atom. The Morgan fingerprint density at radius 3 is 0.881 bits per heavy atom. The predicted octanol–water partition coefficient (Wildman–Crippen LogP) is 9.86. The topological polar surface area (TPSA) is 166 Å². The average Bonchev–Trinajstić information content (AvgIpc) is 3.55. The lowest BCUT2D eigenvalue weighted by molar-refractivity contribution is 0.254. The average molecular weight is 1210 g/mol. The second kappa shape index (κ2) is 32.5. The van der Waals surface area contributed by atoms with Gasteiger partial charge in [-0.2, -0.15) is 0 Å². The summed E-state index contributed by atoms with van der Waals surface area (Å²) in [4.78, 5) is 28.2. The molecule has 444 valence electrons. The first-order valence-electron chi connectivity index (χ1n) is 27.6. The van der Waals surface area contributed by atoms with Gasteiger partial charge in [0.2, 0.25) is 0 Å². The Labute approximate surface area is 511 Å². The van der Waals surface area contributed by atoms with Crippen LogP contribution in [0.15, 0.2) is 153 Å². The van der Waals surface area contributed by atoms with E-state index < -0.39 is 0 Å². The number of rotatable bonds is 22. The van der Waals surface area contributed by atoms with E-state index in [4.69, 9.17) is 48.4 Å². The highest BCUT2D eigenvalue weighted by atomic mass is 32.2. The van der Waals surface area contributed by atoms with Crippen molar-refractivity contribution in [2.24, 2.45) is 20.0 Å². The molecule has 0 aliphatic carbocycles. The molecule has 22 heteroatoms. The molecule has 0 fully saturated rings. The van der Waals surface area contributed by atoms with Gasteiger partial charge in [0.1, 0.15) is 34.5 Å². The number of nitrogens with zero attached hydrogens (tertiary/aromatic N) is 8. The van der Waals surface area contributed by atoms with Gasteiger partial charge in [-0.3, -0.25) is 19.6 Å². The zero-order valence-electron chi connectivity index (χ0n) is 48.7. The number of methoxy groups -OCH3 is 6. The molecule has 84 heavy (non-hydrogen) atoms. The normalized spacial score (nSPS) is 15.7. The number of hydrogen-bond donors (Lipinski definition) is 4. The van der Waals surface area contributed by atoms with Gasteiger partial charge in [0.05, 0.1) is 96.0 Å². The van der Waals surface area contributed by atoms with Crippen molar-refractivity contribution in [2.75, 3.05) is 96.0 Å². The third-order valence-electron chi connectivity index (χ3n) is 14.1. The largest absolute Gasteiger partial charge is 0.497 e. The van der Waals surface area contributed by atoms with Crippen molar-refractivity contribution < 1.29 is 28.4 Å². The number of ether oxygens (including phenoxy) is 6. The summed E-state index contributed by atoms with van der Waals surface area (Å²) in [6.45, 7) is 8.89. The summed E-state index contributed by atoms with van der Waals surface area (Å²) in [5, 5.41) is 17.9. The van der Waals surface area contributed by atoms with Gasteiger partial charge in [-0.25, -0.2) is 20.0 Å². The molecule has 6 aromatic rings. The van der Waals surface area contributed by atoms with Crippen LogP contribution in [0.1, 0.15) is 44.5 Å². The van der Waals surface area contributed by atoms with Crippen LogP contribution in [-0.2, 0) is 49.2 Å². The third-order valence-corrected chi connectivity index (χ3v) is 18.1. The molecule has 0 saturated heterocycles. The number of nitrogens with one attached hydrogen (secondary N) is 4. The van der Waals surface area contributed by atoms with Crippen LogP contribution in [0.5, 0.6) is 34.5 Å². The highest BCUT2D eigenvalue weighted by Crippen LogP contribution is 2.30. The van der Waals surface area contributed by atoms with E-state index in [1.807, 2.05) is 60.7 Å². The maximum absolute atomic E-state index is 5.56. The monoisotopic (exact) mass is 1210 g/mol. The zero-order valence-corrected chi connectivity index (χ0v) is 51.9. The molecule has 0 aromatic heterocycles. The number of benzene rings is 6. The zero-order chi connectivity index (χ0) is 58.3. The van der Waals surface area contributed by atoms with Crippen LogP contribution in [-0.4, -0.2) is 136 Å². The maximum Gasteiger partial charge on any atom is 0.159 e. The van der Waals surface area contributed by atoms with Crippen LogP contribution in [0.3, 0.4) is 0 Å². The lowest BCUT2D eigenvalue weighted by atomic mass is 10.1. The lowest BCUT2D eigenvalue weighted by Gasteiger charge is -2.27. The van der Waals surface area contributed by atoms with E-state index in [1.165, 1.54) is 33.4 Å². The molecule has 4 aliphatic rings. The summed E-state index contributed by atoms with van der Waals surface area (Å²) in [6.07, 6.45) is 0. The Morgan fingerprint density at radius 1 is 0.333 bits per heavy atom. The first kappa shape index (κ1) is 61.8. The molecule has 0 saturated carbocycles. The minimum absolute atomic E-state index is 0.635. The Kier molecular flexibility index (Phi) is 23.9. The summed E-state index contributed by atoms with van der Waals surface area (Å²) in [6, 6.07) is 45.6. The maximum atomic E-state index is 5.56. The van der Waals surface area contributed by atoms with Crippen molar-refractivity contribution in [1.29, 1.82) is 0 Å². The van der Waals surface area contributed by atoms with Crippen molar-refractivity contribution in [1.82, 2.24) is 40.9 Å². The van der Waals surface area contributed by atoms with Crippen LogP contribution in [0, 0.1) is 0 Å². The fourth-order valence-electron chi connectivity index (χ4n) is 9.30. The van der Waals surface area contributed by atoms with Crippen LogP contribution >= 0.6 is 47.0 Å². The summed E-state index contributed by atoms with van der Waals surface area (Å²) in [7, 11) is 10.1. The van der Waals surface area contributed by atoms with E-state index in [1.54, 1.807) is 89.7 Å². The number of thioether (sulfide) groups is 4. The first-order chi connectivity index (χ1) is 41.3. The van der Waals surface area contributed by atoms with E-state index in [-0.39, 0.29) is 0 Å². The Bertz CT molecular complexity index is 2980. The predicted molar refractivity (Wildman–Crippen MR) is 347 cm³/mol. The Balaban J connectivity index is 0.000000202. The van der Waals surface area contributed by atoms with Crippen LogP contribution in [0.25, 0.3) is 0 Å². The molecule has 10 rings (SSSR count). The molecule has 4 aliphatic heterocycles. The van der Waals surface area contributed by atoms with Crippen LogP contribution < -0.4 is 49.7 Å². The molecule has 4 N–H and O–H groups in total. The fourth-order valence-corrected chi connectivity index (χ4v) is 12.9. The highest BCUT2D eigenvalue weighted by molar-refractivity contribution is 8.14. The standard InChI is InChI=1S/C32H40N6O4S2.C30H36N6O2S2/c1-39-27-11-9-23(29(13-27)41-3)15-37-19-33-31(34-20-37)43-17-25-7-5-6-8-26(25)18-44-32-35-21-38(22-36-32)16-24-10-12-28(40-2)14-30(24)42-4;1-37-27-11-7-23(8-12-27)15-35-19-31-29(32-20-35)39-17-25-5-3-4-6-26(25)18-40-30-33-21-36(22-34-30)16-24-9-13-28(38-2)14-10-24/h5-14H,15-22H2,1-4H3,(H,33,34)(H,35,36);3-14H,15-22H2,1-2H3,(H,31,32)(H,33,34). The lowest BCUT2D eigenvalue weighted by Crippen LogP contribution is -2.41. The number of amidine groups is 4. The molecule has 0 radical (unpaired) electrons. The summed E-state index contributed by atoms with van der Waals surface area (Å²) in [5.74, 6) is 8.46. The van der Waals surface area contributed by atoms with Gasteiger partial charge in [-0.05, 0) is 69.8 Å². The molecule has 4 heterocycles. The minimum Gasteiger partial charge on any atom is -0.497 e.